The highest BCUT2D eigenvalue weighted by atomic mass is 19.1. The summed E-state index contributed by atoms with van der Waals surface area (Å²) in [5.41, 5.74) is 6.28. The molecule has 1 fully saturated rings. The van der Waals surface area contributed by atoms with E-state index >= 15 is 0 Å². The second-order valence-corrected chi connectivity index (χ2v) is 10.6. The number of ether oxygens (including phenoxy) is 1. The van der Waals surface area contributed by atoms with Gasteiger partial charge < -0.3 is 14.5 Å². The minimum atomic E-state index is -0.570. The van der Waals surface area contributed by atoms with Gasteiger partial charge in [-0.3, -0.25) is 4.57 Å². The first-order valence-electron chi connectivity index (χ1n) is 13.8. The van der Waals surface area contributed by atoms with Crippen LogP contribution >= 0.6 is 0 Å². The largest absolute Gasteiger partial charge is 0.495 e. The van der Waals surface area contributed by atoms with Crippen LogP contribution in [0.15, 0.2) is 77.7 Å². The van der Waals surface area contributed by atoms with E-state index in [2.05, 4.69) is 21.1 Å². The predicted octanol–water partition coefficient (Wildman–Crippen LogP) is 7.39. The van der Waals surface area contributed by atoms with E-state index in [0.717, 1.165) is 52.4 Å². The molecule has 6 rings (SSSR count). The Bertz CT molecular complexity index is 1640. The second kappa shape index (κ2) is 10.8. The fourth-order valence-corrected chi connectivity index (χ4v) is 5.69. The molecule has 2 aliphatic heterocycles. The molecule has 0 aliphatic carbocycles. The van der Waals surface area contributed by atoms with Gasteiger partial charge in [-0.15, -0.1) is 0 Å². The smallest absolute Gasteiger partial charge is 0.177 e. The number of oxime groups is 1. The average molecular weight is 555 g/mol. The number of methoxy groups -OCH3 is 1. The van der Waals surface area contributed by atoms with Crippen LogP contribution in [-0.2, 0) is 4.84 Å². The number of rotatable bonds is 5. The van der Waals surface area contributed by atoms with Crippen molar-refractivity contribution in [1.29, 1.82) is 0 Å². The number of imidazole rings is 1. The third kappa shape index (κ3) is 4.88. The van der Waals surface area contributed by atoms with Crippen molar-refractivity contribution in [1.82, 2.24) is 14.5 Å². The molecule has 8 heteroatoms. The number of aryl methyl sites for hydroxylation is 1. The summed E-state index contributed by atoms with van der Waals surface area (Å²) in [6.45, 7) is 6.14. The van der Waals surface area contributed by atoms with Crippen molar-refractivity contribution in [2.45, 2.75) is 45.8 Å². The van der Waals surface area contributed by atoms with E-state index < -0.39 is 23.8 Å². The number of halogens is 2. The van der Waals surface area contributed by atoms with Crippen molar-refractivity contribution in [3.8, 4) is 11.4 Å². The zero-order valence-electron chi connectivity index (χ0n) is 23.6. The molecule has 0 N–H and O–H groups in total. The van der Waals surface area contributed by atoms with E-state index in [1.807, 2.05) is 66.9 Å². The number of aromatic nitrogens is 2. The monoisotopic (exact) mass is 554 g/mol. The Morgan fingerprint density at radius 3 is 2.41 bits per heavy atom. The maximum Gasteiger partial charge on any atom is 0.177 e. The Morgan fingerprint density at radius 2 is 1.73 bits per heavy atom. The van der Waals surface area contributed by atoms with E-state index in [1.165, 1.54) is 19.1 Å². The summed E-state index contributed by atoms with van der Waals surface area (Å²) >= 11 is 0. The molecule has 2 atom stereocenters. The average Bonchev–Trinajstić information content (AvgIpc) is 3.32. The standard InChI is InChI=1S/C33H32F2N4O2/c1-20-27(34)17-26(18-28(20)35)31-32(24-9-6-5-7-10-24)41-37-33-25(11-8-14-38(31)33)15-23-12-13-29(30(16-23)40-4)39-19-36-21(2)22(39)3/h5-7,9-10,12-13,15-19,31-32H,8,11,14H2,1-4H3/b25-15+/t31-,32?/m0/s1. The van der Waals surface area contributed by atoms with Crippen LogP contribution in [-0.4, -0.2) is 33.9 Å². The van der Waals surface area contributed by atoms with E-state index in [0.29, 0.717) is 17.9 Å². The van der Waals surface area contributed by atoms with Gasteiger partial charge in [0.05, 0.1) is 30.9 Å². The van der Waals surface area contributed by atoms with Crippen LogP contribution in [0.5, 0.6) is 5.75 Å². The minimum absolute atomic E-state index is 0.00769. The fourth-order valence-electron chi connectivity index (χ4n) is 5.69. The summed E-state index contributed by atoms with van der Waals surface area (Å²) in [4.78, 5) is 12.7. The molecule has 6 nitrogen and oxygen atoms in total. The summed E-state index contributed by atoms with van der Waals surface area (Å²) in [5, 5.41) is 4.59. The summed E-state index contributed by atoms with van der Waals surface area (Å²) in [6, 6.07) is 18.1. The van der Waals surface area contributed by atoms with Crippen molar-refractivity contribution in [2.24, 2.45) is 5.16 Å². The first-order chi connectivity index (χ1) is 19.9. The Balaban J connectivity index is 1.40. The van der Waals surface area contributed by atoms with Crippen LogP contribution in [0, 0.1) is 32.4 Å². The molecule has 3 aromatic carbocycles. The third-order valence-electron chi connectivity index (χ3n) is 8.11. The molecule has 0 spiro atoms. The molecule has 2 aliphatic rings. The van der Waals surface area contributed by atoms with Gasteiger partial charge in [-0.1, -0.05) is 41.6 Å². The van der Waals surface area contributed by atoms with Gasteiger partial charge in [0.15, 0.2) is 11.9 Å². The maximum atomic E-state index is 14.8. The molecular formula is C33H32F2N4O2. The van der Waals surface area contributed by atoms with Crippen molar-refractivity contribution < 1.29 is 18.4 Å². The van der Waals surface area contributed by atoms with Crippen molar-refractivity contribution in [3.63, 3.8) is 0 Å². The molecule has 1 aromatic heterocycles. The highest BCUT2D eigenvalue weighted by Gasteiger charge is 2.40. The predicted molar refractivity (Wildman–Crippen MR) is 155 cm³/mol. The number of benzene rings is 3. The Morgan fingerprint density at radius 1 is 0.976 bits per heavy atom. The Hall–Kier alpha value is -4.46. The quantitative estimate of drug-likeness (QED) is 0.258. The number of fused-ring (bicyclic) bond motifs is 1. The van der Waals surface area contributed by atoms with Gasteiger partial charge in [0.25, 0.3) is 0 Å². The number of piperidine rings is 1. The van der Waals surface area contributed by atoms with E-state index in [-0.39, 0.29) is 5.56 Å². The van der Waals surface area contributed by atoms with Gasteiger partial charge in [0.2, 0.25) is 0 Å². The van der Waals surface area contributed by atoms with Gasteiger partial charge in [-0.05, 0) is 86.2 Å². The van der Waals surface area contributed by atoms with Crippen LogP contribution in [0.3, 0.4) is 0 Å². The second-order valence-electron chi connectivity index (χ2n) is 10.6. The number of amidine groups is 1. The number of hydrogen-bond donors (Lipinski definition) is 0. The minimum Gasteiger partial charge on any atom is -0.495 e. The van der Waals surface area contributed by atoms with Gasteiger partial charge >= 0.3 is 0 Å². The molecule has 0 amide bonds. The summed E-state index contributed by atoms with van der Waals surface area (Å²) < 4.78 is 37.4. The molecule has 0 bridgehead atoms. The summed E-state index contributed by atoms with van der Waals surface area (Å²) in [7, 11) is 1.66. The molecular weight excluding hydrogens is 522 g/mol. The molecule has 1 saturated heterocycles. The van der Waals surface area contributed by atoms with Crippen molar-refractivity contribution >= 4 is 11.9 Å². The highest BCUT2D eigenvalue weighted by molar-refractivity contribution is 6.03. The van der Waals surface area contributed by atoms with Gasteiger partial charge in [0, 0.05) is 17.8 Å². The van der Waals surface area contributed by atoms with Crippen LogP contribution in [0.2, 0.25) is 0 Å². The molecule has 3 heterocycles. The van der Waals surface area contributed by atoms with Gasteiger partial charge in [-0.2, -0.15) is 0 Å². The van der Waals surface area contributed by atoms with E-state index in [4.69, 9.17) is 9.57 Å². The van der Waals surface area contributed by atoms with Crippen molar-refractivity contribution in [3.05, 3.63) is 118 Å². The number of nitrogens with zero attached hydrogens (tertiary/aromatic N) is 4. The van der Waals surface area contributed by atoms with Crippen molar-refractivity contribution in [2.75, 3.05) is 13.7 Å². The van der Waals surface area contributed by atoms with E-state index in [1.54, 1.807) is 13.4 Å². The molecule has 41 heavy (non-hydrogen) atoms. The highest BCUT2D eigenvalue weighted by Crippen LogP contribution is 2.44. The van der Waals surface area contributed by atoms with Crippen LogP contribution in [0.25, 0.3) is 11.8 Å². The Labute approximate surface area is 238 Å². The van der Waals surface area contributed by atoms with Gasteiger partial charge in [-0.25, -0.2) is 13.8 Å². The normalized spacial score (nSPS) is 19.5. The lowest BCUT2D eigenvalue weighted by atomic mass is 9.89. The van der Waals surface area contributed by atoms with Crippen LogP contribution in [0.1, 0.15) is 58.6 Å². The first-order valence-corrected chi connectivity index (χ1v) is 13.8. The maximum absolute atomic E-state index is 14.8. The lowest BCUT2D eigenvalue weighted by molar-refractivity contribution is -0.0232. The SMILES string of the molecule is COc1cc(/C=C2\CCCN3C2=NOC(c2ccccc2)[C@@H]3c2cc(F)c(C)c(F)c2)ccc1-n1cnc(C)c1C. The zero-order valence-corrected chi connectivity index (χ0v) is 23.6. The van der Waals surface area contributed by atoms with E-state index in [9.17, 15) is 8.78 Å². The van der Waals surface area contributed by atoms with Crippen LogP contribution in [0.4, 0.5) is 8.78 Å². The topological polar surface area (TPSA) is 51.9 Å². The molecule has 210 valence electrons. The zero-order chi connectivity index (χ0) is 28.7. The lowest BCUT2D eigenvalue weighted by Gasteiger charge is -2.44. The molecule has 0 radical (unpaired) electrons. The lowest BCUT2D eigenvalue weighted by Crippen LogP contribution is -2.45. The summed E-state index contributed by atoms with van der Waals surface area (Å²) in [6.07, 6.45) is 5.02. The fraction of sp³-hybridized carbons (Fsp3) is 0.273. The molecule has 4 aromatic rings. The number of hydrogen-bond acceptors (Lipinski definition) is 5. The molecule has 1 unspecified atom stereocenters. The first kappa shape index (κ1) is 26.7. The summed E-state index contributed by atoms with van der Waals surface area (Å²) in [5.74, 6) is 0.263. The Kier molecular flexibility index (Phi) is 7.07. The van der Waals surface area contributed by atoms with Crippen LogP contribution < -0.4 is 4.74 Å². The van der Waals surface area contributed by atoms with Gasteiger partial charge in [0.1, 0.15) is 17.4 Å². The third-order valence-corrected chi connectivity index (χ3v) is 8.11. The molecule has 0 saturated carbocycles.